The molecule has 2 aliphatic heterocycles. The first kappa shape index (κ1) is 35.4. The highest BCUT2D eigenvalue weighted by Crippen LogP contribution is 2.22. The van der Waals surface area contributed by atoms with Gasteiger partial charge in [-0.25, -0.2) is 0 Å². The van der Waals surface area contributed by atoms with Crippen LogP contribution in [0.3, 0.4) is 0 Å². The molecule has 0 spiro atoms. The number of phenolic OH excluding ortho intramolecular Hbond substituents is 1. The van der Waals surface area contributed by atoms with Gasteiger partial charge in [-0.2, -0.15) is 0 Å². The van der Waals surface area contributed by atoms with E-state index in [0.717, 1.165) is 16.5 Å². The van der Waals surface area contributed by atoms with Gasteiger partial charge in [0.15, 0.2) is 0 Å². The number of aromatic amines is 1. The zero-order valence-electron chi connectivity index (χ0n) is 27.1. The highest BCUT2D eigenvalue weighted by atomic mass is 16.3. The highest BCUT2D eigenvalue weighted by Gasteiger charge is 2.40. The minimum Gasteiger partial charge on any atom is -0.508 e. The molecule has 16 heteroatoms. The molecule has 0 aliphatic carbocycles. The van der Waals surface area contributed by atoms with Crippen LogP contribution in [0.25, 0.3) is 10.9 Å². The second-order valence-electron chi connectivity index (χ2n) is 12.5. The third kappa shape index (κ3) is 8.56. The molecule has 7 amide bonds. The van der Waals surface area contributed by atoms with E-state index in [1.165, 1.54) is 17.0 Å². The van der Waals surface area contributed by atoms with Crippen LogP contribution in [0, 0.1) is 0 Å². The van der Waals surface area contributed by atoms with E-state index in [0.29, 0.717) is 12.0 Å². The average Bonchev–Trinajstić information content (AvgIpc) is 3.84. The zero-order chi connectivity index (χ0) is 35.9. The van der Waals surface area contributed by atoms with Gasteiger partial charge in [-0.05, 0) is 48.6 Å². The van der Waals surface area contributed by atoms with Gasteiger partial charge in [0, 0.05) is 42.9 Å². The van der Waals surface area contributed by atoms with Crippen molar-refractivity contribution >= 4 is 52.3 Å². The molecule has 5 rings (SSSR count). The molecule has 1 aromatic heterocycles. The zero-order valence-corrected chi connectivity index (χ0v) is 27.1. The summed E-state index contributed by atoms with van der Waals surface area (Å²) in [6, 6.07) is 7.77. The van der Waals surface area contributed by atoms with Crippen LogP contribution >= 0.6 is 0 Å². The van der Waals surface area contributed by atoms with E-state index in [1.807, 2.05) is 24.3 Å². The lowest BCUT2D eigenvalue weighted by Crippen LogP contribution is -2.59. The summed E-state index contributed by atoms with van der Waals surface area (Å²) in [5.74, 6) is -4.71. The summed E-state index contributed by atoms with van der Waals surface area (Å²) >= 11 is 0. The Morgan fingerprint density at radius 1 is 0.880 bits per heavy atom. The van der Waals surface area contributed by atoms with Crippen molar-refractivity contribution < 1.29 is 38.7 Å². The normalized spacial score (nSPS) is 18.9. The second kappa shape index (κ2) is 15.5. The quantitative estimate of drug-likeness (QED) is 0.101. The predicted molar refractivity (Wildman–Crippen MR) is 179 cm³/mol. The molecule has 5 atom stereocenters. The Hall–Kier alpha value is -5.93. The van der Waals surface area contributed by atoms with Gasteiger partial charge in [-0.1, -0.05) is 30.3 Å². The smallest absolute Gasteiger partial charge is 0.246 e. The minimum atomic E-state index is -1.39. The lowest BCUT2D eigenvalue weighted by atomic mass is 10.0. The van der Waals surface area contributed by atoms with E-state index in [2.05, 4.69) is 26.3 Å². The summed E-state index contributed by atoms with van der Waals surface area (Å²) in [4.78, 5) is 94.5. The third-order valence-electron chi connectivity index (χ3n) is 8.94. The molecule has 3 heterocycles. The number of benzene rings is 2. The van der Waals surface area contributed by atoms with Crippen LogP contribution in [0.15, 0.2) is 54.7 Å². The van der Waals surface area contributed by atoms with Gasteiger partial charge in [-0.15, -0.1) is 0 Å². The first-order valence-electron chi connectivity index (χ1n) is 16.3. The molecule has 0 bridgehead atoms. The van der Waals surface area contributed by atoms with E-state index >= 15 is 0 Å². The van der Waals surface area contributed by atoms with Crippen LogP contribution in [0.4, 0.5) is 0 Å². The van der Waals surface area contributed by atoms with E-state index in [4.69, 9.17) is 11.5 Å². The van der Waals surface area contributed by atoms with E-state index < -0.39 is 72.1 Å². The largest absolute Gasteiger partial charge is 0.508 e. The Morgan fingerprint density at radius 3 is 2.28 bits per heavy atom. The van der Waals surface area contributed by atoms with Crippen molar-refractivity contribution in [2.45, 2.75) is 75.2 Å². The number of para-hydroxylation sites is 1. The molecule has 2 aromatic carbocycles. The summed E-state index contributed by atoms with van der Waals surface area (Å²) in [7, 11) is 0. The number of hydrogen-bond donors (Lipinski definition) is 8. The van der Waals surface area contributed by atoms with Gasteiger partial charge < -0.3 is 47.7 Å². The maximum Gasteiger partial charge on any atom is 0.246 e. The van der Waals surface area contributed by atoms with Crippen molar-refractivity contribution in [2.24, 2.45) is 11.5 Å². The molecule has 2 saturated heterocycles. The SMILES string of the molecule is NC(=O)C[C@H](NC(=O)[C@@H]1CCC(=O)N1)C(=O)N1CCC[C@H]1C(=O)N[C@H](Cc1ccc(O)cc1)C(=O)N[C@H](Cc1c[nH]c2ccccc12)C(N)=O. The predicted octanol–water partition coefficient (Wildman–Crippen LogP) is -1.26. The number of H-pyrrole nitrogens is 1. The lowest BCUT2D eigenvalue weighted by Gasteiger charge is -2.30. The van der Waals surface area contributed by atoms with Gasteiger partial charge >= 0.3 is 0 Å². The monoisotopic (exact) mass is 688 g/mol. The molecular weight excluding hydrogens is 648 g/mol. The maximum absolute atomic E-state index is 13.8. The first-order chi connectivity index (χ1) is 23.9. The molecule has 0 saturated carbocycles. The average molecular weight is 689 g/mol. The molecule has 0 unspecified atom stereocenters. The van der Waals surface area contributed by atoms with Crippen molar-refractivity contribution in [3.8, 4) is 5.75 Å². The van der Waals surface area contributed by atoms with Crippen LogP contribution in [-0.4, -0.2) is 93.1 Å². The van der Waals surface area contributed by atoms with Crippen molar-refractivity contribution in [1.29, 1.82) is 0 Å². The second-order valence-corrected chi connectivity index (χ2v) is 12.5. The molecule has 3 aromatic rings. The fourth-order valence-electron chi connectivity index (χ4n) is 6.35. The fraction of sp³-hybridized carbons (Fsp3) is 0.382. The van der Waals surface area contributed by atoms with E-state index in [1.54, 1.807) is 18.3 Å². The summed E-state index contributed by atoms with van der Waals surface area (Å²) in [6.07, 6.45) is 2.24. The molecule has 2 aliphatic rings. The number of phenols is 1. The van der Waals surface area contributed by atoms with Crippen LogP contribution in [0.1, 0.15) is 43.2 Å². The Balaban J connectivity index is 1.32. The molecule has 0 radical (unpaired) electrons. The van der Waals surface area contributed by atoms with Crippen LogP contribution in [0.2, 0.25) is 0 Å². The van der Waals surface area contributed by atoms with Crippen LogP contribution < -0.4 is 32.7 Å². The van der Waals surface area contributed by atoms with Crippen molar-refractivity contribution in [2.75, 3.05) is 6.54 Å². The molecule has 2 fully saturated rings. The van der Waals surface area contributed by atoms with Gasteiger partial charge in [0.25, 0.3) is 0 Å². The number of amides is 7. The highest BCUT2D eigenvalue weighted by molar-refractivity contribution is 5.98. The van der Waals surface area contributed by atoms with Gasteiger partial charge in [0.05, 0.1) is 6.42 Å². The Morgan fingerprint density at radius 2 is 1.60 bits per heavy atom. The van der Waals surface area contributed by atoms with Crippen LogP contribution in [-0.2, 0) is 46.4 Å². The molecule has 50 heavy (non-hydrogen) atoms. The summed E-state index contributed by atoms with van der Waals surface area (Å²) in [5, 5.41) is 21.0. The number of aromatic nitrogens is 1. The summed E-state index contributed by atoms with van der Waals surface area (Å²) in [5.41, 5.74) is 13.3. The molecular formula is C34H40N8O8. The number of nitrogens with zero attached hydrogens (tertiary/aromatic N) is 1. The number of carbonyl (C=O) groups excluding carboxylic acids is 7. The van der Waals surface area contributed by atoms with E-state index in [9.17, 15) is 38.7 Å². The van der Waals surface area contributed by atoms with Gasteiger partial charge in [-0.3, -0.25) is 33.6 Å². The summed E-state index contributed by atoms with van der Waals surface area (Å²) < 4.78 is 0. The third-order valence-corrected chi connectivity index (χ3v) is 8.94. The summed E-state index contributed by atoms with van der Waals surface area (Å²) in [6.45, 7) is 0.130. The molecule has 10 N–H and O–H groups in total. The van der Waals surface area contributed by atoms with E-state index in [-0.39, 0.29) is 50.3 Å². The number of aromatic hydroxyl groups is 1. The fourth-order valence-corrected chi connectivity index (χ4v) is 6.35. The number of carbonyl (C=O) groups is 7. The molecule has 264 valence electrons. The van der Waals surface area contributed by atoms with Crippen molar-refractivity contribution in [3.05, 3.63) is 65.9 Å². The number of hydrogen-bond acceptors (Lipinski definition) is 8. The maximum atomic E-state index is 13.8. The molecule has 16 nitrogen and oxygen atoms in total. The Bertz CT molecular complexity index is 1790. The number of rotatable bonds is 14. The first-order valence-corrected chi connectivity index (χ1v) is 16.3. The number of primary amides is 2. The topological polar surface area (TPSA) is 259 Å². The standard InChI is InChI=1S/C34H40N8O8/c35-28(44)16-26(41-31(47)23-11-12-29(45)38-23)34(50)42-13-3-6-27(42)33(49)40-25(14-18-7-9-20(43)10-8-18)32(48)39-24(30(36)46)15-19-17-37-22-5-2-1-4-21(19)22/h1-2,4-5,7-10,17,23-27,37,43H,3,6,11-16H2,(H2,35,44)(H2,36,46)(H,38,45)(H,39,48)(H,40,49)(H,41,47)/t23-,24+,25+,26-,27-/m0/s1. The van der Waals surface area contributed by atoms with Crippen molar-refractivity contribution in [1.82, 2.24) is 31.2 Å². The number of likely N-dealkylation sites (tertiary alicyclic amines) is 1. The number of nitrogens with one attached hydrogen (secondary N) is 5. The lowest BCUT2D eigenvalue weighted by molar-refractivity contribution is -0.143. The van der Waals surface area contributed by atoms with Gasteiger partial charge in [0.2, 0.25) is 41.4 Å². The number of fused-ring (bicyclic) bond motifs is 1. The Labute approximate surface area is 286 Å². The minimum absolute atomic E-state index is 0.000614. The Kier molecular flexibility index (Phi) is 11.0. The van der Waals surface area contributed by atoms with Crippen LogP contribution in [0.5, 0.6) is 5.75 Å². The van der Waals surface area contributed by atoms with Gasteiger partial charge in [0.1, 0.15) is 36.0 Å². The van der Waals surface area contributed by atoms with Crippen molar-refractivity contribution in [3.63, 3.8) is 0 Å². The number of nitrogens with two attached hydrogens (primary N) is 2.